The highest BCUT2D eigenvalue weighted by molar-refractivity contribution is 9.10. The van der Waals surface area contributed by atoms with E-state index in [-0.39, 0.29) is 5.91 Å². The Bertz CT molecular complexity index is 7570. The fraction of sp³-hybridized carbons (Fsp3) is 0.304. The minimum atomic E-state index is 0.193. The van der Waals surface area contributed by atoms with E-state index in [0.29, 0.717) is 54.2 Å². The van der Waals surface area contributed by atoms with Crippen LogP contribution in [0.5, 0.6) is 46.0 Å². The Balaban J connectivity index is 0.000000130. The van der Waals surface area contributed by atoms with Gasteiger partial charge in [-0.05, 0) is 140 Å². The monoisotopic (exact) mass is 2070 g/mol. The molecule has 0 N–H and O–H groups in total. The number of likely N-dealkylation sites (tertiary alicyclic amines) is 2. The van der Waals surface area contributed by atoms with Gasteiger partial charge in [0.25, 0.3) is 0 Å². The summed E-state index contributed by atoms with van der Waals surface area (Å²) in [5.74, 6) is 5.99. The second-order valence-corrected chi connectivity index (χ2v) is 37.7. The molecule has 3 aliphatic heterocycles. The third-order valence-electron chi connectivity index (χ3n) is 27.2. The van der Waals surface area contributed by atoms with Gasteiger partial charge in [0.05, 0.1) is 204 Å². The van der Waals surface area contributed by atoms with E-state index in [1.54, 1.807) is 138 Å². The van der Waals surface area contributed by atoms with E-state index in [2.05, 4.69) is 168 Å². The van der Waals surface area contributed by atoms with Crippen LogP contribution in [0.25, 0.3) is 89.2 Å². The molecule has 36 nitrogen and oxygen atoms in total. The zero-order valence-electron chi connectivity index (χ0n) is 86.4. The summed E-state index contributed by atoms with van der Waals surface area (Å²) in [6, 6.07) is 55.8. The number of aryl methyl sites for hydroxylation is 4. The molecule has 3 fully saturated rings. The Morgan fingerprint density at radius 3 is 0.993 bits per heavy atom. The molecular formula is C112H122BrN27O9. The van der Waals surface area contributed by atoms with E-state index in [1.807, 2.05) is 186 Å². The molecule has 21 rings (SSSR count). The highest BCUT2D eigenvalue weighted by Crippen LogP contribution is 2.42. The van der Waals surface area contributed by atoms with Crippen molar-refractivity contribution in [3.63, 3.8) is 0 Å². The van der Waals surface area contributed by atoms with Crippen LogP contribution < -0.4 is 57.5 Å². The van der Waals surface area contributed by atoms with Crippen molar-refractivity contribution in [1.29, 1.82) is 0 Å². The molecule has 0 bridgehead atoms. The molecule has 3 saturated heterocycles. The summed E-state index contributed by atoms with van der Waals surface area (Å²) in [6.45, 7) is 16.7. The summed E-state index contributed by atoms with van der Waals surface area (Å²) in [5.41, 5.74) is 22.8. The van der Waals surface area contributed by atoms with Gasteiger partial charge in [0.2, 0.25) is 5.91 Å². The summed E-state index contributed by atoms with van der Waals surface area (Å²) in [6.07, 6.45) is 31.8. The topological polar surface area (TPSA) is 330 Å². The van der Waals surface area contributed by atoms with Crippen molar-refractivity contribution < 1.29 is 42.7 Å². The minimum absolute atomic E-state index is 0.193. The summed E-state index contributed by atoms with van der Waals surface area (Å²) < 4.78 is 52.3. The number of fused-ring (bicyclic) bond motifs is 4. The van der Waals surface area contributed by atoms with Crippen molar-refractivity contribution in [1.82, 2.24) is 114 Å². The number of piperazine rings is 1. The predicted molar refractivity (Wildman–Crippen MR) is 583 cm³/mol. The number of aromatic nitrogens is 19. The molecule has 13 heterocycles. The van der Waals surface area contributed by atoms with Crippen molar-refractivity contribution in [2.45, 2.75) is 77.7 Å². The number of carbonyl (C=O) groups is 1. The number of amides is 1. The lowest BCUT2D eigenvalue weighted by molar-refractivity contribution is -0.130. The average Bonchev–Trinajstić information content (AvgIpc) is 1.67. The number of hydrogen-bond acceptors (Lipinski definition) is 31. The van der Waals surface area contributed by atoms with Gasteiger partial charge in [0.1, 0.15) is 50.6 Å². The zero-order valence-corrected chi connectivity index (χ0v) is 88.0. The molecule has 3 aliphatic rings. The van der Waals surface area contributed by atoms with Crippen molar-refractivity contribution >= 4 is 111 Å². The van der Waals surface area contributed by atoms with Crippen LogP contribution in [0.3, 0.4) is 0 Å². The van der Waals surface area contributed by atoms with Gasteiger partial charge in [0.15, 0.2) is 0 Å². The number of carbonyl (C=O) groups excluding carboxylic acids is 1. The highest BCUT2D eigenvalue weighted by atomic mass is 79.9. The number of methoxy groups -OCH3 is 8. The molecule has 2 atom stereocenters. The molecule has 0 unspecified atom stereocenters. The van der Waals surface area contributed by atoms with Crippen LogP contribution in [0.4, 0.5) is 45.5 Å². The lowest BCUT2D eigenvalue weighted by atomic mass is 10.0. The fourth-order valence-corrected chi connectivity index (χ4v) is 19.4. The van der Waals surface area contributed by atoms with E-state index in [9.17, 15) is 4.79 Å². The van der Waals surface area contributed by atoms with Gasteiger partial charge in [-0.2, -0.15) is 20.4 Å². The van der Waals surface area contributed by atoms with E-state index in [4.69, 9.17) is 57.8 Å². The lowest BCUT2D eigenvalue weighted by Crippen LogP contribution is -2.54. The smallest absolute Gasteiger partial charge is 0.219 e. The van der Waals surface area contributed by atoms with Crippen LogP contribution in [-0.4, -0.2) is 260 Å². The molecule has 10 aromatic heterocycles. The third kappa shape index (κ3) is 25.1. The Labute approximate surface area is 874 Å². The molecule has 0 radical (unpaired) electrons. The van der Waals surface area contributed by atoms with Crippen molar-refractivity contribution in [2.75, 3.05) is 142 Å². The Hall–Kier alpha value is -16.4. The van der Waals surface area contributed by atoms with Crippen LogP contribution in [-0.2, 0) is 46.1 Å². The van der Waals surface area contributed by atoms with Crippen molar-refractivity contribution in [3.8, 4) is 91.0 Å². The number of rotatable bonds is 31. The van der Waals surface area contributed by atoms with E-state index < -0.39 is 0 Å². The number of pyridine rings is 1. The normalized spacial score (nSPS) is 14.4. The first-order valence-corrected chi connectivity index (χ1v) is 50.2. The van der Waals surface area contributed by atoms with Gasteiger partial charge in [-0.25, -0.2) is 24.9 Å². The summed E-state index contributed by atoms with van der Waals surface area (Å²) in [4.78, 5) is 81.9. The largest absolute Gasteiger partial charge is 0.497 e. The minimum Gasteiger partial charge on any atom is -0.497 e. The van der Waals surface area contributed by atoms with Crippen molar-refractivity contribution in [2.24, 2.45) is 28.2 Å². The summed E-state index contributed by atoms with van der Waals surface area (Å²) in [5, 5.41) is 17.1. The summed E-state index contributed by atoms with van der Waals surface area (Å²) >= 11 is 3.48. The van der Waals surface area contributed by atoms with Crippen LogP contribution >= 0.6 is 15.9 Å². The molecule has 766 valence electrons. The van der Waals surface area contributed by atoms with Gasteiger partial charge in [0, 0.05) is 296 Å². The molecular weight excluding hydrogens is 1950 g/mol. The average molecular weight is 2070 g/mol. The lowest BCUT2D eigenvalue weighted by Gasteiger charge is -2.43. The summed E-state index contributed by atoms with van der Waals surface area (Å²) in [7, 11) is 20.8. The number of benzene rings is 8. The second-order valence-electron chi connectivity index (χ2n) is 36.9. The maximum absolute atomic E-state index is 11.7. The molecule has 8 aromatic carbocycles. The molecule has 18 aromatic rings. The number of anilines is 8. The van der Waals surface area contributed by atoms with Gasteiger partial charge >= 0.3 is 0 Å². The fourth-order valence-electron chi connectivity index (χ4n) is 19.0. The maximum atomic E-state index is 11.7. The van der Waals surface area contributed by atoms with Crippen molar-refractivity contribution in [3.05, 3.63) is 273 Å². The van der Waals surface area contributed by atoms with E-state index in [0.717, 1.165) is 252 Å². The first-order chi connectivity index (χ1) is 72.5. The van der Waals surface area contributed by atoms with Crippen LogP contribution in [0.1, 0.15) is 57.8 Å². The second kappa shape index (κ2) is 47.4. The molecule has 149 heavy (non-hydrogen) atoms. The zero-order chi connectivity index (χ0) is 104. The van der Waals surface area contributed by atoms with E-state index in [1.165, 1.54) is 12.8 Å². The van der Waals surface area contributed by atoms with Crippen LogP contribution in [0.15, 0.2) is 261 Å². The molecule has 0 saturated carbocycles. The number of piperidine rings is 1. The number of nitrogens with zero attached hydrogens (tertiary/aromatic N) is 27. The van der Waals surface area contributed by atoms with Crippen LogP contribution in [0.2, 0.25) is 0 Å². The Morgan fingerprint density at radius 2 is 0.678 bits per heavy atom. The van der Waals surface area contributed by atoms with Crippen LogP contribution in [0, 0.1) is 0 Å². The molecule has 37 heteroatoms. The Kier molecular flexibility index (Phi) is 32.7. The standard InChI is InChI=1S/C33H42N8O3.C28H34N6O2.C26H23BrN6O2.C25H23N7O2/c1-24(42)39-9-7-26(8-10-39)40-14-11-38(12-15-40)13-16-41(28-17-29(43-3)20-30(18-28)44-4)27-5-6-31-32(19-27)36-33(22-34-31)25-21-35-37(2)23-25;1-19-6-7-20(2)33(19)10-11-34(23-12-24(35-4)15-25(13-23)36-5)22-8-9-26-27(14-22)31-28(17-29-26)21-16-30-32(3)18-21;1-32-15-17(13-29-32)25-14-28-23-8-7-19(11-24(23)31-25)33(16-18-5-4-6-26(27)30-18)20-9-21(34-2)12-22(10-20)35-3;1-31-15-17(12-29-31)25-14-28-23-5-4-19(10-24(23)30-25)32(16-18-13-26-6-7-27-18)20-8-21(33-2)11-22(9-20)34-3/h5-6,17-23,26H,7-16H2,1-4H3;8-9,12-20H,6-7,10-11H2,1-5H3;4-15H,16H2,1-3H3;4-15H,16H2,1-3H3/t;19-,20-;;/m.0../s1. The van der Waals surface area contributed by atoms with E-state index >= 15 is 0 Å². The molecule has 0 spiro atoms. The number of ether oxygens (including phenoxy) is 8. The van der Waals surface area contributed by atoms with Gasteiger partial charge in [-0.1, -0.05) is 6.07 Å². The molecule has 0 aliphatic carbocycles. The predicted octanol–water partition coefficient (Wildman–Crippen LogP) is 18.6. The van der Waals surface area contributed by atoms with Gasteiger partial charge < -0.3 is 62.4 Å². The number of hydrogen-bond donors (Lipinski definition) is 0. The third-order valence-corrected chi connectivity index (χ3v) is 27.6. The maximum Gasteiger partial charge on any atom is 0.219 e. The molecule has 1 amide bonds. The van der Waals surface area contributed by atoms with Gasteiger partial charge in [-0.3, -0.25) is 68.1 Å². The highest BCUT2D eigenvalue weighted by Gasteiger charge is 2.32. The first kappa shape index (κ1) is 103. The SMILES string of the molecule is COc1cc(OC)cc(N(CCN2CCN(C3CCN(C(C)=O)CC3)CC2)c2ccc3ncc(-c4cnn(C)c4)nc3c2)c1.COc1cc(OC)cc(N(CCN2[C@@H](C)CC[C@@H]2C)c2ccc3ncc(-c4cnn(C)c4)nc3c2)c1.COc1cc(OC)cc(N(Cc2cccc(Br)n2)c2ccc3ncc(-c4cnn(C)c4)nc3c2)c1.COc1cc(OC)cc(N(Cc2cnccn2)c2ccc3ncc(-c4cnn(C)c4)nc3c2)c1. The number of halogens is 1. The Morgan fingerprint density at radius 1 is 0.342 bits per heavy atom. The first-order valence-electron chi connectivity index (χ1n) is 49.4. The van der Waals surface area contributed by atoms with Gasteiger partial charge in [-0.15, -0.1) is 0 Å². The quantitative estimate of drug-likeness (QED) is 0.0364.